The average Bonchev–Trinajstić information content (AvgIpc) is 2.22. The van der Waals surface area contributed by atoms with E-state index in [2.05, 4.69) is 11.9 Å². The summed E-state index contributed by atoms with van der Waals surface area (Å²) in [7, 11) is 0. The van der Waals surface area contributed by atoms with Crippen LogP contribution in [0.4, 0.5) is 0 Å². The molecule has 0 fully saturated rings. The van der Waals surface area contributed by atoms with Gasteiger partial charge in [0.1, 0.15) is 0 Å². The average molecular weight is 245 g/mol. The highest BCUT2D eigenvalue weighted by Crippen LogP contribution is 2.16. The monoisotopic (exact) mass is 244 g/mol. The third kappa shape index (κ3) is 4.87. The molecule has 0 aromatic carbocycles. The maximum absolute atomic E-state index is 6.02. The van der Waals surface area contributed by atoms with Crippen molar-refractivity contribution in [3.8, 4) is 0 Å². The second-order valence-corrected chi connectivity index (χ2v) is 5.06. The molecule has 1 heterocycles. The van der Waals surface area contributed by atoms with Crippen LogP contribution >= 0.6 is 23.4 Å². The quantitative estimate of drug-likeness (QED) is 0.783. The zero-order chi connectivity index (χ0) is 11.1. The fraction of sp³-hybridized carbons (Fsp3) is 0.545. The minimum Gasteiger partial charge on any atom is -0.327 e. The molecule has 1 rings (SSSR count). The number of nitrogens with zero attached hydrogens (tertiary/aromatic N) is 1. The third-order valence-corrected chi connectivity index (χ3v) is 3.72. The highest BCUT2D eigenvalue weighted by atomic mass is 35.5. The van der Waals surface area contributed by atoms with Gasteiger partial charge in [-0.05, 0) is 30.2 Å². The van der Waals surface area contributed by atoms with E-state index in [9.17, 15) is 0 Å². The smallest absolute Gasteiger partial charge is 0.0621 e. The molecule has 0 amide bonds. The van der Waals surface area contributed by atoms with Crippen LogP contribution in [0.15, 0.2) is 18.5 Å². The van der Waals surface area contributed by atoms with Gasteiger partial charge in [-0.15, -0.1) is 0 Å². The Hall–Kier alpha value is -0.250. The molecule has 1 aromatic heterocycles. The lowest BCUT2D eigenvalue weighted by Gasteiger charge is -2.11. The van der Waals surface area contributed by atoms with Crippen molar-refractivity contribution in [1.29, 1.82) is 0 Å². The van der Waals surface area contributed by atoms with E-state index < -0.39 is 0 Å². The lowest BCUT2D eigenvalue weighted by atomic mass is 10.1. The van der Waals surface area contributed by atoms with E-state index in [1.165, 1.54) is 12.2 Å². The van der Waals surface area contributed by atoms with Gasteiger partial charge in [0, 0.05) is 24.2 Å². The van der Waals surface area contributed by atoms with Crippen molar-refractivity contribution in [2.24, 2.45) is 5.73 Å². The number of aromatic nitrogens is 1. The number of thioether (sulfide) groups is 1. The standard InChI is InChI=1S/C11H17ClN2S/c1-2-5-15-8-10(13)6-9-3-4-14-7-11(9)12/h3-4,7,10H,2,5-6,8,13H2,1H3. The van der Waals surface area contributed by atoms with Gasteiger partial charge in [0.05, 0.1) is 5.02 Å². The topological polar surface area (TPSA) is 38.9 Å². The third-order valence-electron chi connectivity index (χ3n) is 2.02. The van der Waals surface area contributed by atoms with Crippen LogP contribution in [0.2, 0.25) is 5.02 Å². The molecule has 84 valence electrons. The molecule has 1 aromatic rings. The van der Waals surface area contributed by atoms with Crippen molar-refractivity contribution < 1.29 is 0 Å². The first-order valence-electron chi connectivity index (χ1n) is 5.15. The molecule has 0 saturated carbocycles. The van der Waals surface area contributed by atoms with E-state index in [0.717, 1.165) is 17.7 Å². The summed E-state index contributed by atoms with van der Waals surface area (Å²) >= 11 is 7.91. The molecular weight excluding hydrogens is 228 g/mol. The predicted octanol–water partition coefficient (Wildman–Crippen LogP) is 2.75. The molecule has 0 saturated heterocycles. The lowest BCUT2D eigenvalue weighted by Crippen LogP contribution is -2.25. The summed E-state index contributed by atoms with van der Waals surface area (Å²) in [4.78, 5) is 3.95. The Morgan fingerprint density at radius 1 is 1.60 bits per heavy atom. The van der Waals surface area contributed by atoms with E-state index in [0.29, 0.717) is 5.02 Å². The normalized spacial score (nSPS) is 12.7. The van der Waals surface area contributed by atoms with Gasteiger partial charge in [-0.1, -0.05) is 18.5 Å². The Morgan fingerprint density at radius 2 is 2.40 bits per heavy atom. The Bertz CT molecular complexity index is 294. The highest BCUT2D eigenvalue weighted by molar-refractivity contribution is 7.99. The van der Waals surface area contributed by atoms with Gasteiger partial charge < -0.3 is 5.73 Å². The second kappa shape index (κ2) is 7.09. The Labute approximate surface area is 101 Å². The number of pyridine rings is 1. The summed E-state index contributed by atoms with van der Waals surface area (Å²) in [6.45, 7) is 2.18. The van der Waals surface area contributed by atoms with Gasteiger partial charge in [0.2, 0.25) is 0 Å². The first-order valence-corrected chi connectivity index (χ1v) is 6.69. The van der Waals surface area contributed by atoms with E-state index in [-0.39, 0.29) is 6.04 Å². The molecule has 0 bridgehead atoms. The summed E-state index contributed by atoms with van der Waals surface area (Å²) < 4.78 is 0. The van der Waals surface area contributed by atoms with Crippen LogP contribution in [-0.4, -0.2) is 22.5 Å². The maximum atomic E-state index is 6.02. The summed E-state index contributed by atoms with van der Waals surface area (Å²) in [5, 5.41) is 0.716. The first kappa shape index (κ1) is 12.8. The predicted molar refractivity (Wildman–Crippen MR) is 68.5 cm³/mol. The van der Waals surface area contributed by atoms with Gasteiger partial charge >= 0.3 is 0 Å². The molecule has 2 nitrogen and oxygen atoms in total. The number of halogens is 1. The zero-order valence-corrected chi connectivity index (χ0v) is 10.5. The van der Waals surface area contributed by atoms with Crippen molar-refractivity contribution >= 4 is 23.4 Å². The van der Waals surface area contributed by atoms with E-state index in [1.54, 1.807) is 12.4 Å². The van der Waals surface area contributed by atoms with Crippen LogP contribution in [0.3, 0.4) is 0 Å². The van der Waals surface area contributed by atoms with Crippen LogP contribution in [0.1, 0.15) is 18.9 Å². The fourth-order valence-corrected chi connectivity index (χ4v) is 2.36. The zero-order valence-electron chi connectivity index (χ0n) is 8.95. The van der Waals surface area contributed by atoms with Crippen molar-refractivity contribution in [2.45, 2.75) is 25.8 Å². The molecule has 4 heteroatoms. The SMILES string of the molecule is CCCSCC(N)Cc1ccncc1Cl. The number of nitrogens with two attached hydrogens (primary N) is 1. The highest BCUT2D eigenvalue weighted by Gasteiger charge is 2.06. The molecular formula is C11H17ClN2S. The Morgan fingerprint density at radius 3 is 3.07 bits per heavy atom. The van der Waals surface area contributed by atoms with Crippen molar-refractivity contribution in [2.75, 3.05) is 11.5 Å². The van der Waals surface area contributed by atoms with Gasteiger partial charge in [-0.2, -0.15) is 11.8 Å². The molecule has 15 heavy (non-hydrogen) atoms. The van der Waals surface area contributed by atoms with E-state index in [1.807, 2.05) is 17.8 Å². The van der Waals surface area contributed by atoms with Gasteiger partial charge in [-0.3, -0.25) is 4.98 Å². The molecule has 2 N–H and O–H groups in total. The number of hydrogen-bond acceptors (Lipinski definition) is 3. The molecule has 0 aliphatic rings. The van der Waals surface area contributed by atoms with Crippen LogP contribution in [0, 0.1) is 0 Å². The van der Waals surface area contributed by atoms with Crippen LogP contribution < -0.4 is 5.73 Å². The van der Waals surface area contributed by atoms with Crippen LogP contribution in [-0.2, 0) is 6.42 Å². The van der Waals surface area contributed by atoms with E-state index >= 15 is 0 Å². The van der Waals surface area contributed by atoms with Crippen molar-refractivity contribution in [1.82, 2.24) is 4.98 Å². The number of hydrogen-bond donors (Lipinski definition) is 1. The van der Waals surface area contributed by atoms with Crippen LogP contribution in [0.25, 0.3) is 0 Å². The lowest BCUT2D eigenvalue weighted by molar-refractivity contribution is 0.747. The van der Waals surface area contributed by atoms with Crippen molar-refractivity contribution in [3.05, 3.63) is 29.0 Å². The van der Waals surface area contributed by atoms with Crippen molar-refractivity contribution in [3.63, 3.8) is 0 Å². The van der Waals surface area contributed by atoms with Gasteiger partial charge in [-0.25, -0.2) is 0 Å². The summed E-state index contributed by atoms with van der Waals surface area (Å²) in [5.74, 6) is 2.17. The minimum absolute atomic E-state index is 0.182. The van der Waals surface area contributed by atoms with Crippen LogP contribution in [0.5, 0.6) is 0 Å². The summed E-state index contributed by atoms with van der Waals surface area (Å²) in [6, 6.07) is 2.12. The fourth-order valence-electron chi connectivity index (χ4n) is 1.29. The summed E-state index contributed by atoms with van der Waals surface area (Å²) in [6.07, 6.45) is 5.46. The molecule has 0 spiro atoms. The largest absolute Gasteiger partial charge is 0.327 e. The first-order chi connectivity index (χ1) is 7.24. The Balaban J connectivity index is 2.37. The molecule has 0 radical (unpaired) electrons. The summed E-state index contributed by atoms with van der Waals surface area (Å²) in [5.41, 5.74) is 7.11. The van der Waals surface area contributed by atoms with Gasteiger partial charge in [0.15, 0.2) is 0 Å². The number of rotatable bonds is 6. The molecule has 0 aliphatic heterocycles. The molecule has 1 unspecified atom stereocenters. The molecule has 0 aliphatic carbocycles. The van der Waals surface area contributed by atoms with E-state index in [4.69, 9.17) is 17.3 Å². The van der Waals surface area contributed by atoms with Gasteiger partial charge in [0.25, 0.3) is 0 Å². The second-order valence-electron chi connectivity index (χ2n) is 3.51. The minimum atomic E-state index is 0.182. The Kier molecular flexibility index (Phi) is 6.06. The molecule has 1 atom stereocenters. The maximum Gasteiger partial charge on any atom is 0.0621 e.